The van der Waals surface area contributed by atoms with Crippen LogP contribution in [0.3, 0.4) is 0 Å². The molecule has 0 saturated carbocycles. The molecule has 4 heteroatoms. The number of nitrogens with one attached hydrogen (secondary N) is 1. The number of rotatable bonds is 3. The van der Waals surface area contributed by atoms with Gasteiger partial charge >= 0.3 is 0 Å². The van der Waals surface area contributed by atoms with Crippen molar-refractivity contribution in [3.05, 3.63) is 47.5 Å². The molecule has 0 aliphatic heterocycles. The molecule has 0 spiro atoms. The van der Waals surface area contributed by atoms with Crippen LogP contribution in [0.1, 0.15) is 23.1 Å². The van der Waals surface area contributed by atoms with Gasteiger partial charge < -0.3 is 5.32 Å². The van der Waals surface area contributed by atoms with Gasteiger partial charge in [-0.15, -0.1) is 0 Å². The van der Waals surface area contributed by atoms with E-state index in [0.29, 0.717) is 0 Å². The summed E-state index contributed by atoms with van der Waals surface area (Å²) in [6.07, 6.45) is 1.94. The monoisotopic (exact) mass is 216 g/mol. The molecule has 0 aliphatic carbocycles. The molecule has 0 amide bonds. The van der Waals surface area contributed by atoms with Gasteiger partial charge in [-0.3, -0.25) is 9.67 Å². The van der Waals surface area contributed by atoms with Gasteiger partial charge in [0, 0.05) is 18.9 Å². The third-order valence-corrected chi connectivity index (χ3v) is 2.52. The second kappa shape index (κ2) is 4.45. The van der Waals surface area contributed by atoms with Gasteiger partial charge in [-0.05, 0) is 32.2 Å². The molecule has 1 N–H and O–H groups in total. The lowest BCUT2D eigenvalue weighted by molar-refractivity contribution is 0.626. The molecule has 0 radical (unpaired) electrons. The Kier molecular flexibility index (Phi) is 3.01. The normalized spacial score (nSPS) is 12.7. The third kappa shape index (κ3) is 2.12. The van der Waals surface area contributed by atoms with Crippen LogP contribution in [0, 0.1) is 6.92 Å². The van der Waals surface area contributed by atoms with Crippen molar-refractivity contribution in [3.8, 4) is 0 Å². The molecule has 0 aliphatic rings. The molecule has 1 atom stereocenters. The molecule has 84 valence electrons. The topological polar surface area (TPSA) is 42.7 Å². The van der Waals surface area contributed by atoms with Crippen molar-refractivity contribution in [1.29, 1.82) is 0 Å². The van der Waals surface area contributed by atoms with Crippen LogP contribution in [-0.4, -0.2) is 21.8 Å². The summed E-state index contributed by atoms with van der Waals surface area (Å²) in [6.45, 7) is 1.99. The Bertz CT molecular complexity index is 475. The minimum absolute atomic E-state index is 0.0566. The Morgan fingerprint density at radius 1 is 1.25 bits per heavy atom. The van der Waals surface area contributed by atoms with Gasteiger partial charge in [0.15, 0.2) is 0 Å². The molecule has 1 unspecified atom stereocenters. The number of aryl methyl sites for hydroxylation is 2. The van der Waals surface area contributed by atoms with Gasteiger partial charge in [-0.25, -0.2) is 0 Å². The summed E-state index contributed by atoms with van der Waals surface area (Å²) in [5.41, 5.74) is 3.01. The summed E-state index contributed by atoms with van der Waals surface area (Å²) >= 11 is 0. The number of hydrogen-bond donors (Lipinski definition) is 1. The van der Waals surface area contributed by atoms with E-state index in [1.807, 2.05) is 51.5 Å². The van der Waals surface area contributed by atoms with Crippen LogP contribution in [0.2, 0.25) is 0 Å². The zero-order valence-corrected chi connectivity index (χ0v) is 9.81. The maximum absolute atomic E-state index is 4.52. The molecule has 2 rings (SSSR count). The van der Waals surface area contributed by atoms with Gasteiger partial charge in [-0.2, -0.15) is 5.10 Å². The second-order valence-electron chi connectivity index (χ2n) is 3.84. The smallest absolute Gasteiger partial charge is 0.0941 e. The SMILES string of the molecule is CNC(c1cccc(C)n1)c1ccn(C)n1. The van der Waals surface area contributed by atoms with Crippen molar-refractivity contribution in [2.24, 2.45) is 7.05 Å². The molecule has 2 heterocycles. The van der Waals surface area contributed by atoms with Crippen molar-refractivity contribution in [2.45, 2.75) is 13.0 Å². The van der Waals surface area contributed by atoms with Gasteiger partial charge in [0.1, 0.15) is 0 Å². The molecule has 0 aromatic carbocycles. The van der Waals surface area contributed by atoms with E-state index >= 15 is 0 Å². The number of pyridine rings is 1. The van der Waals surface area contributed by atoms with Crippen LogP contribution in [0.15, 0.2) is 30.5 Å². The maximum atomic E-state index is 4.52. The fourth-order valence-corrected chi connectivity index (χ4v) is 1.76. The second-order valence-corrected chi connectivity index (χ2v) is 3.84. The van der Waals surface area contributed by atoms with Crippen LogP contribution < -0.4 is 5.32 Å². The summed E-state index contributed by atoms with van der Waals surface area (Å²) in [6, 6.07) is 8.09. The van der Waals surface area contributed by atoms with Gasteiger partial charge in [-0.1, -0.05) is 6.07 Å². The van der Waals surface area contributed by atoms with Crippen LogP contribution in [-0.2, 0) is 7.05 Å². The number of hydrogen-bond acceptors (Lipinski definition) is 3. The van der Waals surface area contributed by atoms with Gasteiger partial charge in [0.2, 0.25) is 0 Å². The predicted octanol–water partition coefficient (Wildman–Crippen LogP) is 1.43. The van der Waals surface area contributed by atoms with E-state index in [9.17, 15) is 0 Å². The lowest BCUT2D eigenvalue weighted by Gasteiger charge is -2.13. The third-order valence-electron chi connectivity index (χ3n) is 2.52. The standard InChI is InChI=1S/C12H16N4/c1-9-5-4-6-10(14-9)12(13-2)11-7-8-16(3)15-11/h4-8,12-13H,1-3H3. The fourth-order valence-electron chi connectivity index (χ4n) is 1.76. The van der Waals surface area contributed by atoms with E-state index in [1.165, 1.54) is 0 Å². The average Bonchev–Trinajstić information content (AvgIpc) is 2.66. The summed E-state index contributed by atoms with van der Waals surface area (Å²) in [5.74, 6) is 0. The van der Waals surface area contributed by atoms with E-state index in [4.69, 9.17) is 0 Å². The van der Waals surface area contributed by atoms with Gasteiger partial charge in [0.05, 0.1) is 17.4 Å². The minimum atomic E-state index is 0.0566. The summed E-state index contributed by atoms with van der Waals surface area (Å²) in [5, 5.41) is 7.64. The lowest BCUT2D eigenvalue weighted by atomic mass is 10.1. The Labute approximate surface area is 95.3 Å². The van der Waals surface area contributed by atoms with Crippen molar-refractivity contribution >= 4 is 0 Å². The highest BCUT2D eigenvalue weighted by Gasteiger charge is 2.15. The Morgan fingerprint density at radius 3 is 2.62 bits per heavy atom. The lowest BCUT2D eigenvalue weighted by Crippen LogP contribution is -2.19. The molecule has 2 aromatic rings. The molecular weight excluding hydrogens is 200 g/mol. The van der Waals surface area contributed by atoms with Crippen LogP contribution in [0.4, 0.5) is 0 Å². The number of nitrogens with zero attached hydrogens (tertiary/aromatic N) is 3. The average molecular weight is 216 g/mol. The van der Waals surface area contributed by atoms with E-state index in [1.54, 1.807) is 4.68 Å². The largest absolute Gasteiger partial charge is 0.307 e. The zero-order chi connectivity index (χ0) is 11.5. The summed E-state index contributed by atoms with van der Waals surface area (Å²) in [7, 11) is 3.84. The molecule has 4 nitrogen and oxygen atoms in total. The predicted molar refractivity (Wildman–Crippen MR) is 63.1 cm³/mol. The van der Waals surface area contributed by atoms with Crippen LogP contribution in [0.5, 0.6) is 0 Å². The molecule has 0 bridgehead atoms. The molecule has 2 aromatic heterocycles. The Hall–Kier alpha value is -1.68. The quantitative estimate of drug-likeness (QED) is 0.844. The highest BCUT2D eigenvalue weighted by molar-refractivity contribution is 5.22. The Balaban J connectivity index is 2.36. The summed E-state index contributed by atoms with van der Waals surface area (Å²) < 4.78 is 1.80. The van der Waals surface area contributed by atoms with Crippen LogP contribution in [0.25, 0.3) is 0 Å². The molecular formula is C12H16N4. The first kappa shape index (κ1) is 10.8. The van der Waals surface area contributed by atoms with E-state index in [2.05, 4.69) is 15.4 Å². The number of aromatic nitrogens is 3. The van der Waals surface area contributed by atoms with Gasteiger partial charge in [0.25, 0.3) is 0 Å². The molecule has 0 fully saturated rings. The summed E-state index contributed by atoms with van der Waals surface area (Å²) in [4.78, 5) is 4.52. The minimum Gasteiger partial charge on any atom is -0.307 e. The Morgan fingerprint density at radius 2 is 2.06 bits per heavy atom. The molecule has 16 heavy (non-hydrogen) atoms. The van der Waals surface area contributed by atoms with Crippen molar-refractivity contribution in [3.63, 3.8) is 0 Å². The van der Waals surface area contributed by atoms with Crippen molar-refractivity contribution < 1.29 is 0 Å². The van der Waals surface area contributed by atoms with E-state index in [0.717, 1.165) is 17.1 Å². The van der Waals surface area contributed by atoms with Crippen LogP contribution >= 0.6 is 0 Å². The first-order valence-electron chi connectivity index (χ1n) is 5.31. The molecule has 0 saturated heterocycles. The highest BCUT2D eigenvalue weighted by Crippen LogP contribution is 2.17. The first-order chi connectivity index (χ1) is 7.70. The maximum Gasteiger partial charge on any atom is 0.0941 e. The highest BCUT2D eigenvalue weighted by atomic mass is 15.3. The van der Waals surface area contributed by atoms with E-state index in [-0.39, 0.29) is 6.04 Å². The fraction of sp³-hybridized carbons (Fsp3) is 0.333. The van der Waals surface area contributed by atoms with Crippen molar-refractivity contribution in [1.82, 2.24) is 20.1 Å². The first-order valence-corrected chi connectivity index (χ1v) is 5.31. The zero-order valence-electron chi connectivity index (χ0n) is 9.81. The van der Waals surface area contributed by atoms with Crippen molar-refractivity contribution in [2.75, 3.05) is 7.05 Å². The van der Waals surface area contributed by atoms with E-state index < -0.39 is 0 Å².